The Morgan fingerprint density at radius 1 is 0.909 bits per heavy atom. The lowest BCUT2D eigenvalue weighted by atomic mass is 9.63. The Labute approximate surface area is 189 Å². The van der Waals surface area contributed by atoms with Crippen molar-refractivity contribution in [3.8, 4) is 0 Å². The number of amides is 2. The molecule has 2 bridgehead atoms. The summed E-state index contributed by atoms with van der Waals surface area (Å²) in [6.45, 7) is 6.25. The molecule has 2 N–H and O–H groups in total. The summed E-state index contributed by atoms with van der Waals surface area (Å²) in [5, 5.41) is 10.8. The van der Waals surface area contributed by atoms with Crippen LogP contribution < -0.4 is 10.9 Å². The predicted molar refractivity (Wildman–Crippen MR) is 120 cm³/mol. The largest absolute Gasteiger partial charge is 0.272 e. The van der Waals surface area contributed by atoms with Crippen LogP contribution in [0.5, 0.6) is 0 Å². The van der Waals surface area contributed by atoms with Crippen molar-refractivity contribution in [1.82, 2.24) is 20.8 Å². The molecule has 5 rings (SSSR count). The van der Waals surface area contributed by atoms with Gasteiger partial charge in [-0.2, -0.15) is 0 Å². The van der Waals surface area contributed by atoms with Gasteiger partial charge in [0.05, 0.1) is 27.3 Å². The number of non-ortho nitro benzene ring substituents is 1. The van der Waals surface area contributed by atoms with Gasteiger partial charge >= 0.3 is 0 Å². The van der Waals surface area contributed by atoms with Gasteiger partial charge < -0.3 is 0 Å². The van der Waals surface area contributed by atoms with Crippen LogP contribution in [-0.4, -0.2) is 26.7 Å². The van der Waals surface area contributed by atoms with Gasteiger partial charge in [-0.15, -0.1) is 0 Å². The highest BCUT2D eigenvalue weighted by atomic mass is 16.6. The maximum Gasteiger partial charge on any atom is 0.269 e. The second kappa shape index (κ2) is 6.81. The number of benzene rings is 2. The first kappa shape index (κ1) is 21.0. The van der Waals surface area contributed by atoms with Gasteiger partial charge in [0.2, 0.25) is 0 Å². The van der Waals surface area contributed by atoms with Crippen molar-refractivity contribution in [1.29, 1.82) is 0 Å². The van der Waals surface area contributed by atoms with Gasteiger partial charge in [-0.25, -0.2) is 9.97 Å². The monoisotopic (exact) mass is 445 g/mol. The maximum absolute atomic E-state index is 13.7. The van der Waals surface area contributed by atoms with E-state index in [-0.39, 0.29) is 22.6 Å². The third-order valence-electron chi connectivity index (χ3n) is 7.96. The molecular formula is C24H23N5O4. The number of rotatable bonds is 3. The number of para-hydroxylation sites is 2. The van der Waals surface area contributed by atoms with Crippen molar-refractivity contribution in [3.05, 3.63) is 75.6 Å². The third kappa shape index (κ3) is 2.65. The molecule has 1 heterocycles. The molecular weight excluding hydrogens is 422 g/mol. The van der Waals surface area contributed by atoms with E-state index in [0.717, 1.165) is 23.1 Å². The molecule has 168 valence electrons. The fourth-order valence-corrected chi connectivity index (χ4v) is 5.58. The van der Waals surface area contributed by atoms with E-state index in [1.807, 2.05) is 24.3 Å². The number of nitrogens with one attached hydrogen (secondary N) is 2. The molecule has 2 atom stereocenters. The first-order valence-corrected chi connectivity index (χ1v) is 10.7. The Balaban J connectivity index is 1.47. The van der Waals surface area contributed by atoms with E-state index in [4.69, 9.17) is 9.97 Å². The van der Waals surface area contributed by atoms with Crippen molar-refractivity contribution in [2.45, 2.75) is 44.4 Å². The molecule has 2 aliphatic carbocycles. The number of nitro benzene ring substituents is 1. The molecule has 2 aromatic carbocycles. The Morgan fingerprint density at radius 3 is 2.12 bits per heavy atom. The molecule has 0 spiro atoms. The van der Waals surface area contributed by atoms with Gasteiger partial charge in [-0.1, -0.05) is 32.9 Å². The van der Waals surface area contributed by atoms with Crippen molar-refractivity contribution in [2.75, 3.05) is 0 Å². The van der Waals surface area contributed by atoms with Gasteiger partial charge in [-0.3, -0.25) is 30.6 Å². The van der Waals surface area contributed by atoms with E-state index in [1.54, 1.807) is 0 Å². The summed E-state index contributed by atoms with van der Waals surface area (Å²) < 4.78 is 0. The second-order valence-electron chi connectivity index (χ2n) is 9.48. The number of hydrogen-bond donors (Lipinski definition) is 2. The van der Waals surface area contributed by atoms with Crippen LogP contribution in [0, 0.1) is 15.5 Å². The first-order valence-electron chi connectivity index (χ1n) is 10.7. The summed E-state index contributed by atoms with van der Waals surface area (Å²) >= 11 is 0. The van der Waals surface area contributed by atoms with Crippen molar-refractivity contribution in [2.24, 2.45) is 5.41 Å². The molecule has 0 radical (unpaired) electrons. The molecule has 1 saturated carbocycles. The average molecular weight is 445 g/mol. The molecule has 2 amide bonds. The zero-order valence-corrected chi connectivity index (χ0v) is 18.5. The standard InChI is InChI=1S/C24H23N5O4/c1-22(2)23(3)12-13-24(22,19-18(23)25-16-6-4-5-7-17(16)26-19)21(31)28-27-20(30)14-8-10-15(11-9-14)29(32)33/h4-11H,12-13H2,1-3H3,(H,27,30)(H,28,31). The van der Waals surface area contributed by atoms with Crippen molar-refractivity contribution >= 4 is 28.5 Å². The second-order valence-corrected chi connectivity index (χ2v) is 9.48. The van der Waals surface area contributed by atoms with E-state index in [9.17, 15) is 19.7 Å². The highest BCUT2D eigenvalue weighted by Gasteiger charge is 2.73. The molecule has 33 heavy (non-hydrogen) atoms. The molecule has 1 fully saturated rings. The number of nitrogens with zero attached hydrogens (tertiary/aromatic N) is 3. The SMILES string of the molecule is CC12CCC(C(=O)NNC(=O)c3ccc([N+](=O)[O-])cc3)(c3nc4ccccc4nc31)C2(C)C. The highest BCUT2D eigenvalue weighted by Crippen LogP contribution is 2.70. The van der Waals surface area contributed by atoms with Crippen LogP contribution in [0.3, 0.4) is 0 Å². The summed E-state index contributed by atoms with van der Waals surface area (Å²) in [7, 11) is 0. The number of nitro groups is 1. The predicted octanol–water partition coefficient (Wildman–Crippen LogP) is 3.33. The zero-order valence-electron chi connectivity index (χ0n) is 18.5. The van der Waals surface area contributed by atoms with Crippen LogP contribution in [-0.2, 0) is 15.6 Å². The number of carbonyl (C=O) groups excluding carboxylic acids is 2. The fourth-order valence-electron chi connectivity index (χ4n) is 5.58. The lowest BCUT2D eigenvalue weighted by Crippen LogP contribution is -2.55. The minimum atomic E-state index is -0.948. The van der Waals surface area contributed by atoms with Crippen molar-refractivity contribution in [3.63, 3.8) is 0 Å². The zero-order chi connectivity index (χ0) is 23.6. The smallest absolute Gasteiger partial charge is 0.269 e. The molecule has 2 aliphatic rings. The molecule has 0 aliphatic heterocycles. The van der Waals surface area contributed by atoms with Crippen LogP contribution in [0.15, 0.2) is 48.5 Å². The Kier molecular flexibility index (Phi) is 4.33. The van der Waals surface area contributed by atoms with Gasteiger partial charge in [0, 0.05) is 23.1 Å². The number of hydrogen-bond acceptors (Lipinski definition) is 6. The third-order valence-corrected chi connectivity index (χ3v) is 7.96. The van der Waals surface area contributed by atoms with E-state index in [0.29, 0.717) is 12.1 Å². The topological polar surface area (TPSA) is 127 Å². The Hall–Kier alpha value is -3.88. The van der Waals surface area contributed by atoms with Crippen LogP contribution in [0.2, 0.25) is 0 Å². The average Bonchev–Trinajstić information content (AvgIpc) is 3.10. The van der Waals surface area contributed by atoms with Crippen LogP contribution in [0.25, 0.3) is 11.0 Å². The number of hydrazine groups is 1. The van der Waals surface area contributed by atoms with Crippen LogP contribution in [0.4, 0.5) is 5.69 Å². The van der Waals surface area contributed by atoms with Crippen molar-refractivity contribution < 1.29 is 14.5 Å². The summed E-state index contributed by atoms with van der Waals surface area (Å²) in [5.74, 6) is -0.897. The minimum Gasteiger partial charge on any atom is -0.272 e. The Morgan fingerprint density at radius 2 is 1.52 bits per heavy atom. The number of aromatic nitrogens is 2. The van der Waals surface area contributed by atoms with E-state index < -0.39 is 21.7 Å². The quantitative estimate of drug-likeness (QED) is 0.470. The normalized spacial score (nSPS) is 24.3. The maximum atomic E-state index is 13.7. The fraction of sp³-hybridized carbons (Fsp3) is 0.333. The summed E-state index contributed by atoms with van der Waals surface area (Å²) in [5.41, 5.74) is 6.41. The lowest BCUT2D eigenvalue weighted by Gasteiger charge is -2.39. The Bertz CT molecular complexity index is 1340. The van der Waals surface area contributed by atoms with Gasteiger partial charge in [0.15, 0.2) is 0 Å². The molecule has 2 unspecified atom stereocenters. The molecule has 9 heteroatoms. The van der Waals surface area contributed by atoms with E-state index >= 15 is 0 Å². The molecule has 9 nitrogen and oxygen atoms in total. The first-order chi connectivity index (χ1) is 15.6. The van der Waals surface area contributed by atoms with Crippen LogP contribution in [0.1, 0.15) is 55.4 Å². The highest BCUT2D eigenvalue weighted by molar-refractivity contribution is 5.98. The van der Waals surface area contributed by atoms with Gasteiger partial charge in [0.25, 0.3) is 17.5 Å². The molecule has 1 aromatic heterocycles. The summed E-state index contributed by atoms with van der Waals surface area (Å²) in [6, 6.07) is 12.8. The summed E-state index contributed by atoms with van der Waals surface area (Å²) in [6.07, 6.45) is 1.37. The summed E-state index contributed by atoms with van der Waals surface area (Å²) in [4.78, 5) is 46.3. The van der Waals surface area contributed by atoms with Gasteiger partial charge in [0.1, 0.15) is 5.41 Å². The molecule has 3 aromatic rings. The van der Waals surface area contributed by atoms with Crippen LogP contribution >= 0.6 is 0 Å². The number of fused-ring (bicyclic) bond motifs is 6. The van der Waals surface area contributed by atoms with E-state index in [1.165, 1.54) is 24.3 Å². The van der Waals surface area contributed by atoms with E-state index in [2.05, 4.69) is 31.6 Å². The molecule has 0 saturated heterocycles. The minimum absolute atomic E-state index is 0.116. The number of carbonyl (C=O) groups is 2. The lowest BCUT2D eigenvalue weighted by molar-refractivity contribution is -0.384. The van der Waals surface area contributed by atoms with Gasteiger partial charge in [-0.05, 0) is 42.5 Å².